The van der Waals surface area contributed by atoms with Crippen LogP contribution < -0.4 is 0 Å². The summed E-state index contributed by atoms with van der Waals surface area (Å²) in [4.78, 5) is 0. The summed E-state index contributed by atoms with van der Waals surface area (Å²) in [6.07, 6.45) is 12.6. The Bertz CT molecular complexity index is 786. The van der Waals surface area contributed by atoms with Gasteiger partial charge in [0.25, 0.3) is 0 Å². The van der Waals surface area contributed by atoms with Crippen molar-refractivity contribution < 1.29 is 5.11 Å². The normalized spacial score (nSPS) is 44.1. The van der Waals surface area contributed by atoms with E-state index in [2.05, 4.69) is 62.0 Å². The van der Waals surface area contributed by atoms with Gasteiger partial charge in [0.05, 0.1) is 6.10 Å². The molecule has 2 fully saturated rings. The van der Waals surface area contributed by atoms with Crippen LogP contribution in [-0.4, -0.2) is 11.2 Å². The Balaban J connectivity index is 1.62. The first kappa shape index (κ1) is 24.6. The van der Waals surface area contributed by atoms with Crippen molar-refractivity contribution in [3.05, 3.63) is 23.3 Å². The van der Waals surface area contributed by atoms with E-state index in [1.54, 1.807) is 0 Å². The van der Waals surface area contributed by atoms with Crippen molar-refractivity contribution >= 4 is 0 Å². The van der Waals surface area contributed by atoms with Gasteiger partial charge in [0.1, 0.15) is 0 Å². The highest BCUT2D eigenvalue weighted by atomic mass is 16.3. The summed E-state index contributed by atoms with van der Waals surface area (Å²) < 4.78 is 0. The second kappa shape index (κ2) is 8.00. The number of aliphatic hydroxyl groups is 1. The van der Waals surface area contributed by atoms with Crippen LogP contribution in [0.2, 0.25) is 0 Å². The van der Waals surface area contributed by atoms with Crippen LogP contribution in [0.1, 0.15) is 120 Å². The monoisotopic (exact) mass is 440 g/mol. The third-order valence-electron chi connectivity index (χ3n) is 12.2. The van der Waals surface area contributed by atoms with Crippen molar-refractivity contribution in [3.8, 4) is 0 Å². The van der Waals surface area contributed by atoms with Gasteiger partial charge in [0.2, 0.25) is 0 Å². The lowest BCUT2D eigenvalue weighted by molar-refractivity contribution is -0.0962. The molecule has 4 aliphatic carbocycles. The predicted octanol–water partition coefficient (Wildman–Crippen LogP) is 8.73. The van der Waals surface area contributed by atoms with Gasteiger partial charge < -0.3 is 5.11 Å². The standard InChI is InChI=1S/C31H52O/c1-20(2)21(3)10-11-22(4)23-14-18-31(9)25-12-13-26-28(5,6)27(32)16-17-29(26,7)24(25)15-19-30(23,31)8/h20,22-23,26-27,32H,3,10-19H2,1-2,4-9H3/t22-,23-,26+,27+,29-,30+,31-/m1/s1. The number of allylic oxidation sites excluding steroid dienone is 3. The SMILES string of the molecule is C=C(CC[C@@H](C)[C@H]1CC[C@]2(C)C3=C(CC[C@@]12C)[C@@]1(C)CC[C@H](O)C(C)(C)[C@@H]1CC3)C(C)C. The molecule has 1 nitrogen and oxygen atoms in total. The van der Waals surface area contributed by atoms with Crippen LogP contribution in [0.5, 0.6) is 0 Å². The van der Waals surface area contributed by atoms with E-state index in [-0.39, 0.29) is 11.5 Å². The molecule has 7 atom stereocenters. The molecule has 0 saturated heterocycles. The van der Waals surface area contributed by atoms with Gasteiger partial charge in [0.15, 0.2) is 0 Å². The van der Waals surface area contributed by atoms with Gasteiger partial charge >= 0.3 is 0 Å². The number of fused-ring (bicyclic) bond motifs is 4. The molecule has 4 rings (SSSR count). The number of hydrogen-bond donors (Lipinski definition) is 1. The Hall–Kier alpha value is -0.560. The van der Waals surface area contributed by atoms with E-state index in [4.69, 9.17) is 0 Å². The molecular formula is C31H52O. The topological polar surface area (TPSA) is 20.2 Å². The minimum atomic E-state index is -0.135. The third-order valence-corrected chi connectivity index (χ3v) is 12.2. The van der Waals surface area contributed by atoms with Crippen LogP contribution >= 0.6 is 0 Å². The molecule has 0 bridgehead atoms. The summed E-state index contributed by atoms with van der Waals surface area (Å²) in [6.45, 7) is 24.1. The first-order valence-electron chi connectivity index (χ1n) is 13.9. The molecule has 0 aliphatic heterocycles. The fraction of sp³-hybridized carbons (Fsp3) is 0.871. The lowest BCUT2D eigenvalue weighted by atomic mass is 9.43. The van der Waals surface area contributed by atoms with Gasteiger partial charge in [0, 0.05) is 0 Å². The van der Waals surface area contributed by atoms with E-state index in [0.717, 1.165) is 18.3 Å². The van der Waals surface area contributed by atoms with Crippen molar-refractivity contribution in [1.82, 2.24) is 0 Å². The van der Waals surface area contributed by atoms with Crippen molar-refractivity contribution in [1.29, 1.82) is 0 Å². The van der Waals surface area contributed by atoms with Crippen molar-refractivity contribution in [2.45, 2.75) is 126 Å². The summed E-state index contributed by atoms with van der Waals surface area (Å²) >= 11 is 0. The number of rotatable bonds is 5. The zero-order valence-corrected chi connectivity index (χ0v) is 22.6. The quantitative estimate of drug-likeness (QED) is 0.424. The molecule has 0 aromatic heterocycles. The maximum Gasteiger partial charge on any atom is 0.0594 e. The lowest BCUT2D eigenvalue weighted by Crippen LogP contribution is -2.55. The van der Waals surface area contributed by atoms with E-state index >= 15 is 0 Å². The average Bonchev–Trinajstić information content (AvgIpc) is 3.00. The van der Waals surface area contributed by atoms with Gasteiger partial charge in [-0.2, -0.15) is 0 Å². The first-order chi connectivity index (χ1) is 14.8. The smallest absolute Gasteiger partial charge is 0.0594 e. The molecule has 0 unspecified atom stereocenters. The molecule has 0 heterocycles. The molecule has 32 heavy (non-hydrogen) atoms. The molecule has 4 aliphatic rings. The molecule has 1 N–H and O–H groups in total. The highest BCUT2D eigenvalue weighted by Gasteiger charge is 2.63. The van der Waals surface area contributed by atoms with E-state index in [1.807, 2.05) is 11.1 Å². The lowest BCUT2D eigenvalue weighted by Gasteiger charge is -2.62. The van der Waals surface area contributed by atoms with E-state index in [9.17, 15) is 5.11 Å². The van der Waals surface area contributed by atoms with E-state index < -0.39 is 0 Å². The van der Waals surface area contributed by atoms with Gasteiger partial charge in [-0.05, 0) is 110 Å². The number of aliphatic hydroxyl groups excluding tert-OH is 1. The molecular weight excluding hydrogens is 388 g/mol. The fourth-order valence-corrected chi connectivity index (χ4v) is 9.53. The Kier molecular flexibility index (Phi) is 6.14. The largest absolute Gasteiger partial charge is 0.393 e. The molecule has 0 radical (unpaired) electrons. The zero-order chi connectivity index (χ0) is 23.7. The van der Waals surface area contributed by atoms with Gasteiger partial charge in [-0.25, -0.2) is 0 Å². The maximum absolute atomic E-state index is 10.8. The van der Waals surface area contributed by atoms with Crippen molar-refractivity contribution in [3.63, 3.8) is 0 Å². The summed E-state index contributed by atoms with van der Waals surface area (Å²) in [5.41, 5.74) is 6.32. The molecule has 1 heteroatoms. The zero-order valence-electron chi connectivity index (χ0n) is 22.6. The molecule has 182 valence electrons. The van der Waals surface area contributed by atoms with Crippen molar-refractivity contribution in [2.75, 3.05) is 0 Å². The van der Waals surface area contributed by atoms with Gasteiger partial charge in [-0.1, -0.05) is 78.7 Å². The second-order valence-electron chi connectivity index (χ2n) is 14.1. The first-order valence-corrected chi connectivity index (χ1v) is 13.9. The summed E-state index contributed by atoms with van der Waals surface area (Å²) in [5.74, 6) is 2.87. The van der Waals surface area contributed by atoms with Crippen LogP contribution in [0, 0.1) is 45.3 Å². The molecule has 0 aromatic rings. The maximum atomic E-state index is 10.8. The molecule has 0 aromatic carbocycles. The highest BCUT2D eigenvalue weighted by Crippen LogP contribution is 2.72. The predicted molar refractivity (Wildman–Crippen MR) is 137 cm³/mol. The Morgan fingerprint density at radius 3 is 2.28 bits per heavy atom. The third kappa shape index (κ3) is 3.34. The second-order valence-corrected chi connectivity index (χ2v) is 14.1. The molecule has 0 amide bonds. The average molecular weight is 441 g/mol. The summed E-state index contributed by atoms with van der Waals surface area (Å²) in [7, 11) is 0. The number of hydrogen-bond acceptors (Lipinski definition) is 1. The van der Waals surface area contributed by atoms with Crippen LogP contribution in [0.25, 0.3) is 0 Å². The van der Waals surface area contributed by atoms with Crippen LogP contribution in [-0.2, 0) is 0 Å². The van der Waals surface area contributed by atoms with Crippen molar-refractivity contribution in [2.24, 2.45) is 45.3 Å². The van der Waals surface area contributed by atoms with Gasteiger partial charge in [-0.15, -0.1) is 0 Å². The van der Waals surface area contributed by atoms with Crippen LogP contribution in [0.3, 0.4) is 0 Å². The Morgan fingerprint density at radius 2 is 1.62 bits per heavy atom. The van der Waals surface area contributed by atoms with Gasteiger partial charge in [-0.3, -0.25) is 0 Å². The minimum absolute atomic E-state index is 0.0404. The molecule has 0 spiro atoms. The van der Waals surface area contributed by atoms with E-state index in [1.165, 1.54) is 63.4 Å². The van der Waals surface area contributed by atoms with Crippen LogP contribution in [0.4, 0.5) is 0 Å². The Morgan fingerprint density at radius 1 is 0.938 bits per heavy atom. The summed E-state index contributed by atoms with van der Waals surface area (Å²) in [5, 5.41) is 10.8. The highest BCUT2D eigenvalue weighted by molar-refractivity contribution is 5.38. The Labute approximate surface area is 199 Å². The van der Waals surface area contributed by atoms with E-state index in [0.29, 0.717) is 28.1 Å². The summed E-state index contributed by atoms with van der Waals surface area (Å²) in [6, 6.07) is 0. The molecule has 2 saturated carbocycles. The minimum Gasteiger partial charge on any atom is -0.393 e. The van der Waals surface area contributed by atoms with Crippen LogP contribution in [0.15, 0.2) is 23.3 Å². The fourth-order valence-electron chi connectivity index (χ4n) is 9.53.